The highest BCUT2D eigenvalue weighted by Crippen LogP contribution is 2.35. The SMILES string of the molecule is CCCOc1cc(F)c(C(C)CC(O)C(C)O)cc1OCCC. The van der Waals surface area contributed by atoms with Gasteiger partial charge in [-0.1, -0.05) is 20.8 Å². The maximum atomic E-state index is 14.4. The lowest BCUT2D eigenvalue weighted by Gasteiger charge is -2.21. The normalized spacial score (nSPS) is 15.1. The number of aliphatic hydroxyl groups excluding tert-OH is 2. The molecule has 1 aromatic rings. The predicted molar refractivity (Wildman–Crippen MR) is 88.7 cm³/mol. The molecule has 1 aromatic carbocycles. The lowest BCUT2D eigenvalue weighted by atomic mass is 9.92. The van der Waals surface area contributed by atoms with Gasteiger partial charge in [-0.2, -0.15) is 0 Å². The number of halogens is 1. The summed E-state index contributed by atoms with van der Waals surface area (Å²) in [7, 11) is 0. The van der Waals surface area contributed by atoms with Crippen LogP contribution in [0, 0.1) is 5.82 Å². The lowest BCUT2D eigenvalue weighted by Crippen LogP contribution is -2.24. The number of rotatable bonds is 10. The van der Waals surface area contributed by atoms with Crippen LogP contribution in [0.15, 0.2) is 12.1 Å². The van der Waals surface area contributed by atoms with Crippen molar-refractivity contribution in [2.45, 2.75) is 65.1 Å². The van der Waals surface area contributed by atoms with Crippen LogP contribution in [0.4, 0.5) is 4.39 Å². The molecule has 0 aliphatic heterocycles. The van der Waals surface area contributed by atoms with Crippen LogP contribution in [0.25, 0.3) is 0 Å². The lowest BCUT2D eigenvalue weighted by molar-refractivity contribution is 0.0225. The van der Waals surface area contributed by atoms with Gasteiger partial charge in [-0.25, -0.2) is 4.39 Å². The second-order valence-electron chi connectivity index (χ2n) is 5.96. The first-order chi connectivity index (χ1) is 10.9. The van der Waals surface area contributed by atoms with Crippen molar-refractivity contribution in [1.29, 1.82) is 0 Å². The molecule has 1 rings (SSSR count). The first-order valence-corrected chi connectivity index (χ1v) is 8.35. The van der Waals surface area contributed by atoms with E-state index in [0.29, 0.717) is 30.3 Å². The smallest absolute Gasteiger partial charge is 0.164 e. The van der Waals surface area contributed by atoms with Gasteiger partial charge in [-0.3, -0.25) is 0 Å². The molecule has 0 fully saturated rings. The minimum Gasteiger partial charge on any atom is -0.490 e. The molecule has 0 saturated carbocycles. The molecule has 0 saturated heterocycles. The van der Waals surface area contributed by atoms with Gasteiger partial charge in [0.25, 0.3) is 0 Å². The van der Waals surface area contributed by atoms with Gasteiger partial charge in [-0.05, 0) is 43.7 Å². The van der Waals surface area contributed by atoms with Crippen LogP contribution in [-0.2, 0) is 0 Å². The van der Waals surface area contributed by atoms with Crippen molar-refractivity contribution in [2.24, 2.45) is 0 Å². The molecular weight excluding hydrogens is 299 g/mol. The predicted octanol–water partition coefficient (Wildman–Crippen LogP) is 3.64. The zero-order valence-corrected chi connectivity index (χ0v) is 14.5. The number of ether oxygens (including phenoxy) is 2. The molecule has 2 N–H and O–H groups in total. The van der Waals surface area contributed by atoms with Crippen molar-refractivity contribution in [3.8, 4) is 11.5 Å². The van der Waals surface area contributed by atoms with Gasteiger partial charge in [0.05, 0.1) is 25.4 Å². The quantitative estimate of drug-likeness (QED) is 0.688. The molecule has 0 aliphatic carbocycles. The molecule has 0 aliphatic rings. The third-order valence-corrected chi connectivity index (χ3v) is 3.67. The Morgan fingerprint density at radius 2 is 1.52 bits per heavy atom. The average Bonchev–Trinajstić information content (AvgIpc) is 2.51. The Hall–Kier alpha value is -1.33. The maximum Gasteiger partial charge on any atom is 0.164 e. The van der Waals surface area contributed by atoms with Crippen molar-refractivity contribution in [3.63, 3.8) is 0 Å². The van der Waals surface area contributed by atoms with E-state index in [1.54, 1.807) is 6.07 Å². The number of benzene rings is 1. The zero-order valence-electron chi connectivity index (χ0n) is 14.5. The van der Waals surface area contributed by atoms with Gasteiger partial charge < -0.3 is 19.7 Å². The Bertz CT molecular complexity index is 476. The molecule has 0 bridgehead atoms. The summed E-state index contributed by atoms with van der Waals surface area (Å²) in [6, 6.07) is 3.00. The highest BCUT2D eigenvalue weighted by Gasteiger charge is 2.21. The molecule has 4 nitrogen and oxygen atoms in total. The van der Waals surface area contributed by atoms with Gasteiger partial charge in [0.1, 0.15) is 5.82 Å². The first kappa shape index (κ1) is 19.7. The van der Waals surface area contributed by atoms with Crippen LogP contribution in [0.3, 0.4) is 0 Å². The molecular formula is C18H29FO4. The van der Waals surface area contributed by atoms with Crippen LogP contribution in [-0.4, -0.2) is 35.6 Å². The third kappa shape index (κ3) is 5.99. The van der Waals surface area contributed by atoms with Crippen molar-refractivity contribution in [1.82, 2.24) is 0 Å². The molecule has 0 spiro atoms. The fraction of sp³-hybridized carbons (Fsp3) is 0.667. The highest BCUT2D eigenvalue weighted by atomic mass is 19.1. The Balaban J connectivity index is 3.02. The average molecular weight is 328 g/mol. The number of hydrogen-bond donors (Lipinski definition) is 2. The van der Waals surface area contributed by atoms with Crippen molar-refractivity contribution >= 4 is 0 Å². The minimum atomic E-state index is -0.888. The summed E-state index contributed by atoms with van der Waals surface area (Å²) < 4.78 is 25.6. The van der Waals surface area contributed by atoms with E-state index < -0.39 is 12.2 Å². The van der Waals surface area contributed by atoms with Crippen molar-refractivity contribution < 1.29 is 24.1 Å². The fourth-order valence-corrected chi connectivity index (χ4v) is 2.26. The van der Waals surface area contributed by atoms with E-state index in [2.05, 4.69) is 0 Å². The molecule has 23 heavy (non-hydrogen) atoms. The Morgan fingerprint density at radius 3 is 2.00 bits per heavy atom. The second kappa shape index (κ2) is 9.73. The summed E-state index contributed by atoms with van der Waals surface area (Å²) in [6.07, 6.45) is 0.213. The highest BCUT2D eigenvalue weighted by molar-refractivity contribution is 5.45. The van der Waals surface area contributed by atoms with E-state index in [4.69, 9.17) is 9.47 Å². The van der Waals surface area contributed by atoms with Gasteiger partial charge in [0.2, 0.25) is 0 Å². The molecule has 3 unspecified atom stereocenters. The maximum absolute atomic E-state index is 14.4. The first-order valence-electron chi connectivity index (χ1n) is 8.35. The Labute approximate surface area is 138 Å². The van der Waals surface area contributed by atoms with Crippen LogP contribution >= 0.6 is 0 Å². The van der Waals surface area contributed by atoms with Gasteiger partial charge in [-0.15, -0.1) is 0 Å². The third-order valence-electron chi connectivity index (χ3n) is 3.67. The number of hydrogen-bond acceptors (Lipinski definition) is 4. The number of aliphatic hydroxyl groups is 2. The molecule has 3 atom stereocenters. The van der Waals surface area contributed by atoms with Crippen LogP contribution in [0.1, 0.15) is 58.4 Å². The molecule has 0 radical (unpaired) electrons. The van der Waals surface area contributed by atoms with E-state index in [1.807, 2.05) is 20.8 Å². The molecule has 5 heteroatoms. The summed E-state index contributed by atoms with van der Waals surface area (Å²) >= 11 is 0. The fourth-order valence-electron chi connectivity index (χ4n) is 2.26. The van der Waals surface area contributed by atoms with Crippen LogP contribution in [0.2, 0.25) is 0 Å². The topological polar surface area (TPSA) is 58.9 Å². The van der Waals surface area contributed by atoms with E-state index in [-0.39, 0.29) is 18.2 Å². The molecule has 0 heterocycles. The second-order valence-corrected chi connectivity index (χ2v) is 5.96. The summed E-state index contributed by atoms with van der Waals surface area (Å²) in [5.41, 5.74) is 0.458. The van der Waals surface area contributed by atoms with E-state index in [9.17, 15) is 14.6 Å². The standard InChI is InChI=1S/C18H29FO4/c1-5-7-22-17-10-14(12(3)9-16(21)13(4)20)15(19)11-18(17)23-8-6-2/h10-13,16,20-21H,5-9H2,1-4H3. The molecule has 0 amide bonds. The van der Waals surface area contributed by atoms with Crippen molar-refractivity contribution in [3.05, 3.63) is 23.5 Å². The summed E-state index contributed by atoms with van der Waals surface area (Å²) in [4.78, 5) is 0. The van der Waals surface area contributed by atoms with Gasteiger partial charge in [0.15, 0.2) is 11.5 Å². The van der Waals surface area contributed by atoms with Crippen LogP contribution in [0.5, 0.6) is 11.5 Å². The minimum absolute atomic E-state index is 0.246. The Morgan fingerprint density at radius 1 is 1.00 bits per heavy atom. The van der Waals surface area contributed by atoms with Crippen LogP contribution < -0.4 is 9.47 Å². The van der Waals surface area contributed by atoms with E-state index in [1.165, 1.54) is 13.0 Å². The summed E-state index contributed by atoms with van der Waals surface area (Å²) in [6.45, 7) is 8.34. The van der Waals surface area contributed by atoms with Gasteiger partial charge in [0, 0.05) is 6.07 Å². The van der Waals surface area contributed by atoms with E-state index >= 15 is 0 Å². The summed E-state index contributed by atoms with van der Waals surface area (Å²) in [5.74, 6) is 0.300. The Kier molecular flexibility index (Phi) is 8.34. The van der Waals surface area contributed by atoms with Crippen molar-refractivity contribution in [2.75, 3.05) is 13.2 Å². The summed E-state index contributed by atoms with van der Waals surface area (Å²) in [5, 5.41) is 19.2. The largest absolute Gasteiger partial charge is 0.490 e. The molecule has 132 valence electrons. The monoisotopic (exact) mass is 328 g/mol. The van der Waals surface area contributed by atoms with E-state index in [0.717, 1.165) is 12.8 Å². The molecule has 0 aromatic heterocycles. The van der Waals surface area contributed by atoms with Gasteiger partial charge >= 0.3 is 0 Å². The zero-order chi connectivity index (χ0) is 17.4.